The lowest BCUT2D eigenvalue weighted by atomic mass is 9.77. The summed E-state index contributed by atoms with van der Waals surface area (Å²) < 4.78 is 51.3. The summed E-state index contributed by atoms with van der Waals surface area (Å²) in [5, 5.41) is 68.5. The number of hydrogen-bond acceptors (Lipinski definition) is 19. The summed E-state index contributed by atoms with van der Waals surface area (Å²) in [4.78, 5) is 22.8. The fraction of sp³-hybridized carbons (Fsp3) is 0.750. The van der Waals surface area contributed by atoms with Crippen LogP contribution in [-0.4, -0.2) is 200 Å². The number of nitrogens with zero attached hydrogens (tertiary/aromatic N) is 6. The van der Waals surface area contributed by atoms with Gasteiger partial charge in [0.1, 0.15) is 30.0 Å². The Balaban J connectivity index is 1.17. The van der Waals surface area contributed by atoms with E-state index >= 15 is 0 Å². The predicted octanol–water partition coefficient (Wildman–Crippen LogP) is 4.39. The van der Waals surface area contributed by atoms with E-state index in [0.717, 1.165) is 22.4 Å². The van der Waals surface area contributed by atoms with Gasteiger partial charge < -0.3 is 73.2 Å². The first-order valence-corrected chi connectivity index (χ1v) is 27.1. The summed E-state index contributed by atoms with van der Waals surface area (Å²) in [6, 6.07) is 11.0. The number of carbonyl (C=O) groups excluding carboxylic acids is 1. The Morgan fingerprint density at radius 3 is 2.25 bits per heavy atom. The third-order valence-electron chi connectivity index (χ3n) is 16.4. The third kappa shape index (κ3) is 14.9. The molecule has 3 aliphatic rings. The van der Waals surface area contributed by atoms with E-state index in [4.69, 9.17) is 37.9 Å². The highest BCUT2D eigenvalue weighted by molar-refractivity contribution is 5.73. The summed E-state index contributed by atoms with van der Waals surface area (Å²) in [6.07, 6.45) is -4.81. The number of aliphatic hydroxyl groups excluding tert-OH is 3. The Morgan fingerprint density at radius 2 is 1.61 bits per heavy atom. The standard InChI is InChI=1S/C56H90N6O14/c1-15-44-56(10,68)49(64)37(6)61(12)30-33(2)27-54(8,67)51(35(4)48(36(5)52(66)74-44)75-46-28-55(9,70-14)50(65)38(7)73-46)76-53-47(63)43(26-34(3)72-53)60(11)23-22-42-31-62(59-58-42)24-25-71-32-39-16-18-40(19-17-39)41-20-21-45(69-13)57-29-41/h16-21,29,31,33-38,43-44,46-51,53,63-65,67-68H,15,22-28,30,32H2,1-14H3/t33-,34-,35+,36-,37-,38+,43+,44-,46+,47-,48+,49-,50+,51-,53+,54-,55-,56-/m1/s1. The quantitative estimate of drug-likeness (QED) is 0.0930. The topological polar surface area (TPSA) is 242 Å². The molecular formula is C56H90N6O14. The number of esters is 1. The lowest BCUT2D eigenvalue weighted by Gasteiger charge is -2.49. The largest absolute Gasteiger partial charge is 0.481 e. The van der Waals surface area contributed by atoms with Crippen molar-refractivity contribution in [2.75, 3.05) is 48.0 Å². The number of methoxy groups -OCH3 is 2. The van der Waals surface area contributed by atoms with E-state index in [1.165, 1.54) is 14.0 Å². The molecule has 3 aromatic rings. The molecule has 18 atom stereocenters. The van der Waals surface area contributed by atoms with E-state index in [1.807, 2.05) is 82.4 Å². The predicted molar refractivity (Wildman–Crippen MR) is 283 cm³/mol. The number of carbonyl (C=O) groups is 1. The minimum Gasteiger partial charge on any atom is -0.481 e. The zero-order chi connectivity index (χ0) is 55.9. The second-order valence-corrected chi connectivity index (χ2v) is 22.7. The number of rotatable bonds is 17. The molecule has 2 aromatic heterocycles. The van der Waals surface area contributed by atoms with Gasteiger partial charge in [-0.2, -0.15) is 0 Å². The van der Waals surface area contributed by atoms with Crippen molar-refractivity contribution in [3.05, 3.63) is 60.0 Å². The molecule has 0 saturated carbocycles. The maximum absolute atomic E-state index is 14.5. The molecule has 0 unspecified atom stereocenters. The van der Waals surface area contributed by atoms with Gasteiger partial charge in [-0.05, 0) is 105 Å². The number of ether oxygens (including phenoxy) is 8. The van der Waals surface area contributed by atoms with Crippen LogP contribution in [0.25, 0.3) is 11.1 Å². The van der Waals surface area contributed by atoms with E-state index in [0.29, 0.717) is 51.6 Å². The first-order chi connectivity index (χ1) is 35.8. The van der Waals surface area contributed by atoms with Crippen LogP contribution >= 0.6 is 0 Å². The number of pyridine rings is 1. The number of benzene rings is 1. The third-order valence-corrected chi connectivity index (χ3v) is 16.4. The van der Waals surface area contributed by atoms with Gasteiger partial charge in [0.2, 0.25) is 5.88 Å². The molecule has 0 amide bonds. The molecule has 0 bridgehead atoms. The van der Waals surface area contributed by atoms with Gasteiger partial charge >= 0.3 is 5.97 Å². The van der Waals surface area contributed by atoms with Crippen molar-refractivity contribution in [3.63, 3.8) is 0 Å². The lowest BCUT2D eigenvalue weighted by molar-refractivity contribution is -0.318. The van der Waals surface area contributed by atoms with Crippen molar-refractivity contribution in [2.45, 2.75) is 205 Å². The van der Waals surface area contributed by atoms with Crippen molar-refractivity contribution in [1.29, 1.82) is 0 Å². The zero-order valence-electron chi connectivity index (χ0n) is 47.4. The van der Waals surface area contributed by atoms with E-state index in [9.17, 15) is 30.3 Å². The number of aromatic nitrogens is 4. The maximum Gasteiger partial charge on any atom is 0.311 e. The molecule has 5 N–H and O–H groups in total. The van der Waals surface area contributed by atoms with Gasteiger partial charge in [0.25, 0.3) is 0 Å². The highest BCUT2D eigenvalue weighted by atomic mass is 16.7. The second kappa shape index (κ2) is 26.5. The Kier molecular flexibility index (Phi) is 21.4. The van der Waals surface area contributed by atoms with E-state index < -0.39 is 102 Å². The molecule has 428 valence electrons. The number of hydrogen-bond donors (Lipinski definition) is 5. The van der Waals surface area contributed by atoms with Gasteiger partial charge in [0.15, 0.2) is 12.6 Å². The van der Waals surface area contributed by atoms with Gasteiger partial charge in [-0.3, -0.25) is 4.79 Å². The molecule has 3 saturated heterocycles. The summed E-state index contributed by atoms with van der Waals surface area (Å²) in [5.41, 5.74) is -0.652. The summed E-state index contributed by atoms with van der Waals surface area (Å²) in [6.45, 7) is 20.0. The SMILES string of the molecule is CC[C@H]1OC(=O)[C@H](C)[C@@H](O[C@H]2C[C@@](C)(OC)[C@@H](O)[C@H](C)O2)[C@H](C)[C@@H](O[C@@H]2O[C@H](C)C[C@H](N(C)CCc3cn(CCOCc4ccc(-c5ccc(OC)nc5)cc4)nn3)[C@H]2O)[C@](C)(O)C[C@@H](C)CN(C)[C@H](C)[C@@H](O)[C@]1(C)O. The number of cyclic esters (lactones) is 1. The van der Waals surface area contributed by atoms with Crippen molar-refractivity contribution in [3.8, 4) is 17.0 Å². The minimum atomic E-state index is -1.84. The average molecular weight is 1070 g/mol. The summed E-state index contributed by atoms with van der Waals surface area (Å²) in [7, 11) is 6.88. The molecule has 3 aliphatic heterocycles. The first kappa shape index (κ1) is 61.5. The smallest absolute Gasteiger partial charge is 0.311 e. The molecule has 0 aliphatic carbocycles. The normalized spacial score (nSPS) is 37.6. The fourth-order valence-corrected chi connectivity index (χ4v) is 11.5. The molecule has 5 heterocycles. The first-order valence-electron chi connectivity index (χ1n) is 27.1. The van der Waals surface area contributed by atoms with Crippen molar-refractivity contribution < 1.29 is 68.2 Å². The van der Waals surface area contributed by atoms with E-state index in [2.05, 4.69) is 20.2 Å². The minimum absolute atomic E-state index is 0.101. The van der Waals surface area contributed by atoms with Gasteiger partial charge in [-0.15, -0.1) is 5.10 Å². The van der Waals surface area contributed by atoms with Crippen LogP contribution in [0.15, 0.2) is 48.8 Å². The van der Waals surface area contributed by atoms with Crippen LogP contribution in [0.3, 0.4) is 0 Å². The Bertz CT molecular complexity index is 2250. The van der Waals surface area contributed by atoms with Crippen LogP contribution in [0.2, 0.25) is 0 Å². The molecule has 0 spiro atoms. The average Bonchev–Trinajstić information content (AvgIpc) is 3.85. The lowest BCUT2D eigenvalue weighted by Crippen LogP contribution is -2.61. The molecule has 20 heteroatoms. The van der Waals surface area contributed by atoms with Crippen LogP contribution in [-0.2, 0) is 57.5 Å². The van der Waals surface area contributed by atoms with Crippen molar-refractivity contribution >= 4 is 5.97 Å². The summed E-state index contributed by atoms with van der Waals surface area (Å²) in [5.74, 6) is -2.21. The molecule has 3 fully saturated rings. The van der Waals surface area contributed by atoms with Gasteiger partial charge in [-0.1, -0.05) is 50.3 Å². The van der Waals surface area contributed by atoms with Gasteiger partial charge in [0.05, 0.1) is 74.1 Å². The van der Waals surface area contributed by atoms with Crippen LogP contribution < -0.4 is 4.74 Å². The van der Waals surface area contributed by atoms with E-state index in [1.54, 1.807) is 59.5 Å². The zero-order valence-corrected chi connectivity index (χ0v) is 47.4. The van der Waals surface area contributed by atoms with E-state index in [-0.39, 0.29) is 31.3 Å². The molecule has 0 radical (unpaired) electrons. The fourth-order valence-electron chi connectivity index (χ4n) is 11.5. The molecule has 20 nitrogen and oxygen atoms in total. The van der Waals surface area contributed by atoms with Crippen LogP contribution in [0.5, 0.6) is 5.88 Å². The van der Waals surface area contributed by atoms with Crippen LogP contribution in [0.1, 0.15) is 106 Å². The molecule has 6 rings (SSSR count). The molecule has 76 heavy (non-hydrogen) atoms. The molecular weight excluding hydrogens is 981 g/mol. The summed E-state index contributed by atoms with van der Waals surface area (Å²) >= 11 is 0. The Hall–Kier alpha value is -3.74. The monoisotopic (exact) mass is 1070 g/mol. The second-order valence-electron chi connectivity index (χ2n) is 22.7. The number of likely N-dealkylation sites (N-methyl/N-ethyl adjacent to an activating group) is 2. The molecule has 1 aromatic carbocycles. The van der Waals surface area contributed by atoms with Crippen LogP contribution in [0, 0.1) is 17.8 Å². The highest BCUT2D eigenvalue weighted by Gasteiger charge is 2.53. The number of aliphatic hydroxyl groups is 5. The Labute approximate surface area is 450 Å². The van der Waals surface area contributed by atoms with Crippen molar-refractivity contribution in [1.82, 2.24) is 29.8 Å². The van der Waals surface area contributed by atoms with Crippen molar-refractivity contribution in [2.24, 2.45) is 17.8 Å². The Morgan fingerprint density at radius 1 is 0.908 bits per heavy atom. The van der Waals surface area contributed by atoms with Gasteiger partial charge in [0, 0.05) is 75.1 Å². The van der Waals surface area contributed by atoms with Crippen LogP contribution in [0.4, 0.5) is 0 Å². The van der Waals surface area contributed by atoms with Gasteiger partial charge in [-0.25, -0.2) is 9.67 Å². The highest BCUT2D eigenvalue weighted by Crippen LogP contribution is 2.40. The maximum atomic E-state index is 14.5.